The molecule has 0 radical (unpaired) electrons. The summed E-state index contributed by atoms with van der Waals surface area (Å²) in [4.78, 5) is 17.0. The van der Waals surface area contributed by atoms with Crippen LogP contribution in [0.15, 0.2) is 48.5 Å². The van der Waals surface area contributed by atoms with E-state index in [0.717, 1.165) is 16.9 Å². The zero-order valence-electron chi connectivity index (χ0n) is 14.8. The number of methoxy groups -OCH3 is 1. The molecule has 130 valence electrons. The van der Waals surface area contributed by atoms with Crippen LogP contribution in [0, 0.1) is 0 Å². The molecule has 0 aliphatic carbocycles. The number of rotatable bonds is 6. The van der Waals surface area contributed by atoms with E-state index in [9.17, 15) is 4.79 Å². The van der Waals surface area contributed by atoms with Crippen LogP contribution >= 0.6 is 0 Å². The molecular weight excluding hydrogens is 314 g/mol. The standard InChI is InChI=1S/C20H23N3O2/c1-14(2)23-18-10-5-4-9-17(18)22-19(23)11-12-21-20(24)15-7-6-8-16(13-15)25-3/h4-10,13-14H,11-12H2,1-3H3,(H,21,24). The van der Waals surface area contributed by atoms with Crippen molar-refractivity contribution < 1.29 is 9.53 Å². The molecule has 1 amide bonds. The molecule has 0 saturated carbocycles. The molecule has 0 aliphatic rings. The lowest BCUT2D eigenvalue weighted by molar-refractivity contribution is 0.0953. The molecule has 5 nitrogen and oxygen atoms in total. The number of hydrogen-bond donors (Lipinski definition) is 1. The number of para-hydroxylation sites is 2. The highest BCUT2D eigenvalue weighted by Crippen LogP contribution is 2.21. The smallest absolute Gasteiger partial charge is 0.251 e. The van der Waals surface area contributed by atoms with E-state index in [1.165, 1.54) is 0 Å². The maximum atomic E-state index is 12.3. The third-order valence-electron chi connectivity index (χ3n) is 4.15. The van der Waals surface area contributed by atoms with Crippen molar-refractivity contribution >= 4 is 16.9 Å². The Bertz CT molecular complexity index is 884. The third-order valence-corrected chi connectivity index (χ3v) is 4.15. The Labute approximate surface area is 147 Å². The van der Waals surface area contributed by atoms with Gasteiger partial charge in [-0.05, 0) is 44.2 Å². The minimum absolute atomic E-state index is 0.105. The Morgan fingerprint density at radius 1 is 1.20 bits per heavy atom. The lowest BCUT2D eigenvalue weighted by atomic mass is 10.2. The summed E-state index contributed by atoms with van der Waals surface area (Å²) in [5.41, 5.74) is 2.72. The fourth-order valence-corrected chi connectivity index (χ4v) is 3.00. The van der Waals surface area contributed by atoms with Gasteiger partial charge in [0.15, 0.2) is 0 Å². The van der Waals surface area contributed by atoms with Crippen LogP contribution in [-0.4, -0.2) is 29.1 Å². The number of aromatic nitrogens is 2. The van der Waals surface area contributed by atoms with Gasteiger partial charge < -0.3 is 14.6 Å². The highest BCUT2D eigenvalue weighted by molar-refractivity contribution is 5.94. The van der Waals surface area contributed by atoms with Crippen LogP contribution in [-0.2, 0) is 6.42 Å². The zero-order chi connectivity index (χ0) is 17.8. The topological polar surface area (TPSA) is 56.1 Å². The average molecular weight is 337 g/mol. The van der Waals surface area contributed by atoms with Gasteiger partial charge in [0.1, 0.15) is 11.6 Å². The number of fused-ring (bicyclic) bond motifs is 1. The van der Waals surface area contributed by atoms with Crippen LogP contribution in [0.5, 0.6) is 5.75 Å². The number of nitrogens with one attached hydrogen (secondary N) is 1. The van der Waals surface area contributed by atoms with Crippen molar-refractivity contribution in [2.24, 2.45) is 0 Å². The minimum atomic E-state index is -0.105. The van der Waals surface area contributed by atoms with Crippen molar-refractivity contribution in [1.29, 1.82) is 0 Å². The first-order valence-corrected chi connectivity index (χ1v) is 8.48. The molecule has 5 heteroatoms. The first-order chi connectivity index (χ1) is 12.1. The number of imidazole rings is 1. The Balaban J connectivity index is 1.70. The summed E-state index contributed by atoms with van der Waals surface area (Å²) >= 11 is 0. The van der Waals surface area contributed by atoms with Crippen LogP contribution in [0.25, 0.3) is 11.0 Å². The minimum Gasteiger partial charge on any atom is -0.497 e. The summed E-state index contributed by atoms with van der Waals surface area (Å²) in [6.07, 6.45) is 0.683. The van der Waals surface area contributed by atoms with E-state index in [-0.39, 0.29) is 5.91 Å². The number of nitrogens with zero attached hydrogens (tertiary/aromatic N) is 2. The van der Waals surface area contributed by atoms with Crippen LogP contribution in [0.3, 0.4) is 0 Å². The summed E-state index contributed by atoms with van der Waals surface area (Å²) < 4.78 is 7.39. The lowest BCUT2D eigenvalue weighted by Gasteiger charge is -2.13. The van der Waals surface area contributed by atoms with Crippen molar-refractivity contribution in [2.75, 3.05) is 13.7 Å². The molecular formula is C20H23N3O2. The van der Waals surface area contributed by atoms with E-state index in [2.05, 4.69) is 29.8 Å². The Morgan fingerprint density at radius 2 is 2.00 bits per heavy atom. The van der Waals surface area contributed by atoms with E-state index in [1.54, 1.807) is 19.2 Å². The number of carbonyl (C=O) groups is 1. The molecule has 0 fully saturated rings. The van der Waals surface area contributed by atoms with Crippen molar-refractivity contribution in [3.8, 4) is 5.75 Å². The summed E-state index contributed by atoms with van der Waals surface area (Å²) in [5.74, 6) is 1.56. The van der Waals surface area contributed by atoms with Gasteiger partial charge in [-0.2, -0.15) is 0 Å². The van der Waals surface area contributed by atoms with Crippen LogP contribution in [0.2, 0.25) is 0 Å². The van der Waals surface area contributed by atoms with Gasteiger partial charge in [0.05, 0.1) is 18.1 Å². The third kappa shape index (κ3) is 3.65. The van der Waals surface area contributed by atoms with Gasteiger partial charge in [-0.1, -0.05) is 18.2 Å². The molecule has 0 spiro atoms. The molecule has 2 aromatic carbocycles. The first kappa shape index (κ1) is 17.0. The molecule has 0 unspecified atom stereocenters. The summed E-state index contributed by atoms with van der Waals surface area (Å²) in [6, 6.07) is 15.6. The monoisotopic (exact) mass is 337 g/mol. The molecule has 0 saturated heterocycles. The Hall–Kier alpha value is -2.82. The largest absolute Gasteiger partial charge is 0.497 e. The maximum absolute atomic E-state index is 12.3. The van der Waals surface area contributed by atoms with Crippen LogP contribution in [0.4, 0.5) is 0 Å². The summed E-state index contributed by atoms with van der Waals surface area (Å²) in [5, 5.41) is 2.96. The molecule has 0 bridgehead atoms. The van der Waals surface area contributed by atoms with Gasteiger partial charge in [0.2, 0.25) is 0 Å². The molecule has 3 aromatic rings. The first-order valence-electron chi connectivity index (χ1n) is 8.48. The van der Waals surface area contributed by atoms with Gasteiger partial charge in [-0.25, -0.2) is 4.98 Å². The van der Waals surface area contributed by atoms with Gasteiger partial charge in [-0.3, -0.25) is 4.79 Å². The zero-order valence-corrected chi connectivity index (χ0v) is 14.8. The molecule has 3 rings (SSSR count). The quantitative estimate of drug-likeness (QED) is 0.748. The fourth-order valence-electron chi connectivity index (χ4n) is 3.00. The highest BCUT2D eigenvalue weighted by Gasteiger charge is 2.13. The van der Waals surface area contributed by atoms with Crippen LogP contribution in [0.1, 0.15) is 36.1 Å². The predicted octanol–water partition coefficient (Wildman–Crippen LogP) is 3.60. The van der Waals surface area contributed by atoms with Gasteiger partial charge >= 0.3 is 0 Å². The molecule has 1 aromatic heterocycles. The second-order valence-corrected chi connectivity index (χ2v) is 6.22. The van der Waals surface area contributed by atoms with E-state index >= 15 is 0 Å². The van der Waals surface area contributed by atoms with Gasteiger partial charge in [-0.15, -0.1) is 0 Å². The second-order valence-electron chi connectivity index (χ2n) is 6.22. The Kier molecular flexibility index (Phi) is 5.03. The van der Waals surface area contributed by atoms with Crippen molar-refractivity contribution in [3.63, 3.8) is 0 Å². The van der Waals surface area contributed by atoms with Crippen LogP contribution < -0.4 is 10.1 Å². The summed E-state index contributed by atoms with van der Waals surface area (Å²) in [6.45, 7) is 4.82. The number of amides is 1. The number of ether oxygens (including phenoxy) is 1. The maximum Gasteiger partial charge on any atom is 0.251 e. The highest BCUT2D eigenvalue weighted by atomic mass is 16.5. The molecule has 1 N–H and O–H groups in total. The predicted molar refractivity (Wildman–Crippen MR) is 99.1 cm³/mol. The number of hydrogen-bond acceptors (Lipinski definition) is 3. The fraction of sp³-hybridized carbons (Fsp3) is 0.300. The molecule has 0 aliphatic heterocycles. The van der Waals surface area contributed by atoms with Crippen molar-refractivity contribution in [3.05, 3.63) is 59.9 Å². The van der Waals surface area contributed by atoms with Crippen molar-refractivity contribution in [2.45, 2.75) is 26.3 Å². The number of carbonyl (C=O) groups excluding carboxylic acids is 1. The van der Waals surface area contributed by atoms with E-state index in [1.807, 2.05) is 30.3 Å². The SMILES string of the molecule is COc1cccc(C(=O)NCCc2nc3ccccc3n2C(C)C)c1. The molecule has 0 atom stereocenters. The van der Waals surface area contributed by atoms with Crippen molar-refractivity contribution in [1.82, 2.24) is 14.9 Å². The summed E-state index contributed by atoms with van der Waals surface area (Å²) in [7, 11) is 1.59. The number of benzene rings is 2. The van der Waals surface area contributed by atoms with Gasteiger partial charge in [0, 0.05) is 24.6 Å². The average Bonchev–Trinajstić information content (AvgIpc) is 3.00. The normalized spacial score (nSPS) is 11.0. The lowest BCUT2D eigenvalue weighted by Crippen LogP contribution is -2.26. The molecule has 1 heterocycles. The Morgan fingerprint density at radius 3 is 2.76 bits per heavy atom. The van der Waals surface area contributed by atoms with E-state index in [0.29, 0.717) is 30.3 Å². The molecule has 25 heavy (non-hydrogen) atoms. The second kappa shape index (κ2) is 7.38. The van der Waals surface area contributed by atoms with E-state index in [4.69, 9.17) is 9.72 Å². The van der Waals surface area contributed by atoms with E-state index < -0.39 is 0 Å². The van der Waals surface area contributed by atoms with Gasteiger partial charge in [0.25, 0.3) is 5.91 Å².